The Labute approximate surface area is 290 Å². The Morgan fingerprint density at radius 2 is 1.73 bits per heavy atom. The molecule has 6 atom stereocenters. The zero-order valence-electron chi connectivity index (χ0n) is 30.4. The molecule has 0 fully saturated rings. The number of likely N-dealkylation sites (N-methyl/N-ethyl adjacent to an activating group) is 2. The van der Waals surface area contributed by atoms with Crippen molar-refractivity contribution in [1.82, 2.24) is 10.2 Å². The van der Waals surface area contributed by atoms with Crippen LogP contribution in [0.4, 0.5) is 15.3 Å². The molecule has 0 heterocycles. The lowest BCUT2D eigenvalue weighted by Gasteiger charge is -2.32. The molecule has 0 bridgehead atoms. The van der Waals surface area contributed by atoms with Crippen LogP contribution in [0.2, 0.25) is 0 Å². The number of aliphatic hydroxyl groups is 1. The summed E-state index contributed by atoms with van der Waals surface area (Å²) >= 11 is 0. The third-order valence-corrected chi connectivity index (χ3v) is 7.91. The number of carbonyl (C=O) groups is 3. The number of hydrogen-bond acceptors (Lipinski definition) is 11. The molecule has 14 nitrogen and oxygen atoms in total. The van der Waals surface area contributed by atoms with E-state index in [4.69, 9.17) is 29.4 Å². The standard InChI is InChI=1S/C35H56N4O10/c1-20(2)30(49-34(36)43)27(40)14-12-13-22(5)33(42)38-26-19-24(48-35(44)39(8)16-15-37-7)18-25(29(26)41)32(47-11)23(6)17-28(45-9)31(46-10)21(3)4/h12-14,18-19,21,23,27-28,30-32,37,40-41H,1,15-17H2,2-11H3,(H2,36,43)(H,38,42)/b14-12-,22-13+/t23-,27-,28-,30-,31+,32+/m0/s1. The SMILES string of the molecule is C=C(C)[C@H](OC(N)=O)[C@@H](O)/C=C\C=C(/C)C(=O)Nc1cc(OC(=O)N(C)CCNC)cc([C@H](OC)[C@@H](C)C[C@H](OC)[C@H](OC)C(C)C)c1O. The maximum atomic E-state index is 13.3. The van der Waals surface area contributed by atoms with Gasteiger partial charge in [-0.25, -0.2) is 9.59 Å². The first-order valence-electron chi connectivity index (χ1n) is 16.0. The third kappa shape index (κ3) is 13.5. The van der Waals surface area contributed by atoms with E-state index >= 15 is 0 Å². The van der Waals surface area contributed by atoms with Crippen molar-refractivity contribution in [2.24, 2.45) is 17.6 Å². The van der Waals surface area contributed by atoms with Gasteiger partial charge in [-0.05, 0) is 50.8 Å². The van der Waals surface area contributed by atoms with Gasteiger partial charge in [0, 0.05) is 58.7 Å². The number of aromatic hydroxyl groups is 1. The highest BCUT2D eigenvalue weighted by molar-refractivity contribution is 6.04. The number of hydrogen-bond donors (Lipinski definition) is 5. The summed E-state index contributed by atoms with van der Waals surface area (Å²) in [4.78, 5) is 38.7. The predicted octanol–water partition coefficient (Wildman–Crippen LogP) is 4.28. The van der Waals surface area contributed by atoms with Crippen molar-refractivity contribution in [1.29, 1.82) is 0 Å². The van der Waals surface area contributed by atoms with Gasteiger partial charge in [-0.3, -0.25) is 4.79 Å². The van der Waals surface area contributed by atoms with Crippen LogP contribution in [0.3, 0.4) is 0 Å². The lowest BCUT2D eigenvalue weighted by atomic mass is 9.87. The van der Waals surface area contributed by atoms with Gasteiger partial charge >= 0.3 is 12.2 Å². The zero-order valence-corrected chi connectivity index (χ0v) is 30.4. The second-order valence-electron chi connectivity index (χ2n) is 12.3. The predicted molar refractivity (Wildman–Crippen MR) is 187 cm³/mol. The van der Waals surface area contributed by atoms with E-state index in [9.17, 15) is 24.6 Å². The molecule has 276 valence electrons. The Morgan fingerprint density at radius 3 is 2.24 bits per heavy atom. The summed E-state index contributed by atoms with van der Waals surface area (Å²) in [7, 11) is 8.10. The van der Waals surface area contributed by atoms with Gasteiger partial charge in [0.1, 0.15) is 17.6 Å². The number of rotatable bonds is 20. The van der Waals surface area contributed by atoms with E-state index in [0.29, 0.717) is 25.1 Å². The monoisotopic (exact) mass is 692 g/mol. The number of amides is 3. The molecule has 49 heavy (non-hydrogen) atoms. The van der Waals surface area contributed by atoms with Crippen LogP contribution in [0.1, 0.15) is 52.7 Å². The Kier molecular flexibility index (Phi) is 18.6. The molecule has 14 heteroatoms. The summed E-state index contributed by atoms with van der Waals surface area (Å²) in [6.07, 6.45) is -0.600. The first-order chi connectivity index (χ1) is 23.0. The minimum atomic E-state index is -1.27. The molecule has 0 unspecified atom stereocenters. The molecule has 1 rings (SSSR count). The highest BCUT2D eigenvalue weighted by atomic mass is 16.6. The number of benzene rings is 1. The van der Waals surface area contributed by atoms with Gasteiger partial charge in [-0.15, -0.1) is 0 Å². The summed E-state index contributed by atoms with van der Waals surface area (Å²) in [5.41, 5.74) is 5.91. The van der Waals surface area contributed by atoms with E-state index < -0.39 is 36.4 Å². The lowest BCUT2D eigenvalue weighted by molar-refractivity contribution is -0.112. The normalized spacial score (nSPS) is 15.6. The third-order valence-electron chi connectivity index (χ3n) is 7.91. The number of nitrogens with one attached hydrogen (secondary N) is 2. The van der Waals surface area contributed by atoms with Crippen LogP contribution in [0, 0.1) is 11.8 Å². The summed E-state index contributed by atoms with van der Waals surface area (Å²) in [5, 5.41) is 27.5. The smallest absolute Gasteiger partial charge is 0.415 e. The molecule has 6 N–H and O–H groups in total. The number of nitrogens with zero attached hydrogens (tertiary/aromatic N) is 1. The molecule has 0 radical (unpaired) electrons. The maximum Gasteiger partial charge on any atom is 0.415 e. The number of methoxy groups -OCH3 is 3. The summed E-state index contributed by atoms with van der Waals surface area (Å²) in [6, 6.07) is 2.86. The Morgan fingerprint density at radius 1 is 1.08 bits per heavy atom. The highest BCUT2D eigenvalue weighted by Crippen LogP contribution is 2.42. The minimum absolute atomic E-state index is 0.0216. The van der Waals surface area contributed by atoms with Crippen molar-refractivity contribution in [3.05, 3.63) is 53.6 Å². The first-order valence-corrected chi connectivity index (χ1v) is 16.0. The number of nitrogens with two attached hydrogens (primary N) is 1. The number of phenolic OH excluding ortho intramolecular Hbond substituents is 1. The molecule has 0 aliphatic rings. The van der Waals surface area contributed by atoms with Crippen molar-refractivity contribution in [2.75, 3.05) is 53.8 Å². The van der Waals surface area contributed by atoms with Gasteiger partial charge in [-0.2, -0.15) is 0 Å². The van der Waals surface area contributed by atoms with Crippen LogP contribution in [-0.4, -0.2) is 106 Å². The van der Waals surface area contributed by atoms with E-state index in [0.717, 1.165) is 0 Å². The van der Waals surface area contributed by atoms with Gasteiger partial charge in [-0.1, -0.05) is 45.6 Å². The van der Waals surface area contributed by atoms with E-state index in [1.54, 1.807) is 35.2 Å². The van der Waals surface area contributed by atoms with Gasteiger partial charge in [0.25, 0.3) is 5.91 Å². The molecule has 0 spiro atoms. The van der Waals surface area contributed by atoms with Crippen molar-refractivity contribution in [3.8, 4) is 11.5 Å². The van der Waals surface area contributed by atoms with Crippen molar-refractivity contribution in [2.45, 2.75) is 71.6 Å². The number of primary amides is 1. The van der Waals surface area contributed by atoms with Gasteiger partial charge < -0.3 is 55.2 Å². The number of ether oxygens (including phenoxy) is 5. The van der Waals surface area contributed by atoms with Crippen LogP contribution in [0.15, 0.2) is 48.1 Å². The Balaban J connectivity index is 3.51. The number of anilines is 1. The van der Waals surface area contributed by atoms with Crippen LogP contribution in [0.25, 0.3) is 0 Å². The summed E-state index contributed by atoms with van der Waals surface area (Å²) in [6.45, 7) is 13.7. The van der Waals surface area contributed by atoms with Crippen molar-refractivity contribution in [3.63, 3.8) is 0 Å². The maximum absolute atomic E-state index is 13.3. The molecule has 1 aromatic carbocycles. The fraction of sp³-hybridized carbons (Fsp3) is 0.571. The molecular weight excluding hydrogens is 636 g/mol. The van der Waals surface area contributed by atoms with Crippen LogP contribution in [0.5, 0.6) is 11.5 Å². The van der Waals surface area contributed by atoms with Crippen LogP contribution < -0.4 is 21.1 Å². The summed E-state index contributed by atoms with van der Waals surface area (Å²) < 4.78 is 27.9. The van der Waals surface area contributed by atoms with Crippen molar-refractivity contribution >= 4 is 23.8 Å². The van der Waals surface area contributed by atoms with Gasteiger partial charge in [0.15, 0.2) is 6.10 Å². The van der Waals surface area contributed by atoms with E-state index in [-0.39, 0.29) is 52.4 Å². The number of phenols is 1. The topological polar surface area (TPSA) is 191 Å². The highest BCUT2D eigenvalue weighted by Gasteiger charge is 2.32. The average Bonchev–Trinajstić information content (AvgIpc) is 3.03. The Bertz CT molecular complexity index is 1320. The van der Waals surface area contributed by atoms with Gasteiger partial charge in [0.05, 0.1) is 24.0 Å². The lowest BCUT2D eigenvalue weighted by Crippen LogP contribution is -2.36. The van der Waals surface area contributed by atoms with Crippen LogP contribution >= 0.6 is 0 Å². The Hall–Kier alpha value is -3.95. The second kappa shape index (κ2) is 21.2. The largest absolute Gasteiger partial charge is 0.505 e. The fourth-order valence-corrected chi connectivity index (χ4v) is 5.22. The number of carbonyl (C=O) groups excluding carboxylic acids is 3. The quantitative estimate of drug-likeness (QED) is 0.0567. The van der Waals surface area contributed by atoms with E-state index in [1.807, 2.05) is 20.8 Å². The molecular formula is C35H56N4O10. The molecule has 0 saturated heterocycles. The second-order valence-corrected chi connectivity index (χ2v) is 12.3. The summed E-state index contributed by atoms with van der Waals surface area (Å²) in [5.74, 6) is -0.857. The van der Waals surface area contributed by atoms with Crippen LogP contribution in [-0.2, 0) is 23.7 Å². The molecule has 0 saturated carbocycles. The van der Waals surface area contributed by atoms with Gasteiger partial charge in [0.2, 0.25) is 0 Å². The molecule has 3 amide bonds. The molecule has 0 aromatic heterocycles. The van der Waals surface area contributed by atoms with E-state index in [2.05, 4.69) is 17.2 Å². The first kappa shape index (κ1) is 43.1. The molecule has 0 aliphatic heterocycles. The fourth-order valence-electron chi connectivity index (χ4n) is 5.22. The van der Waals surface area contributed by atoms with E-state index in [1.165, 1.54) is 49.3 Å². The zero-order chi connectivity index (χ0) is 37.4. The number of aliphatic hydroxyl groups excluding tert-OH is 1. The average molecular weight is 693 g/mol. The molecule has 0 aliphatic carbocycles. The minimum Gasteiger partial charge on any atom is -0.505 e. The number of allylic oxidation sites excluding steroid dienone is 2. The molecule has 1 aromatic rings. The van der Waals surface area contributed by atoms with Crippen molar-refractivity contribution < 1.29 is 48.3 Å².